The smallest absolute Gasteiger partial charge is 0.214 e. The Kier molecular flexibility index (Phi) is 2.80. The molecule has 1 nitrogen and oxygen atoms in total. The summed E-state index contributed by atoms with van der Waals surface area (Å²) in [6, 6.07) is 0. The molecule has 0 unspecified atom stereocenters. The molecule has 0 saturated carbocycles. The second-order valence-corrected chi connectivity index (χ2v) is 3.92. The van der Waals surface area contributed by atoms with Gasteiger partial charge in [0.25, 0.3) is 0 Å². The van der Waals surface area contributed by atoms with E-state index in [2.05, 4.69) is 15.9 Å². The maximum atomic E-state index is 12.0. The fraction of sp³-hybridized carbons (Fsp3) is 1.00. The first kappa shape index (κ1) is 9.32. The quantitative estimate of drug-likeness (QED) is 0.457. The Balaban J connectivity index is 2.39. The average Bonchev–Trinajstić information content (AvgIpc) is 1.86. The first-order valence-electron chi connectivity index (χ1n) is 3.46. The van der Waals surface area contributed by atoms with Gasteiger partial charge in [0.15, 0.2) is 0 Å². The molecule has 66 valence electrons. The van der Waals surface area contributed by atoms with Crippen molar-refractivity contribution >= 4 is 15.9 Å². The van der Waals surface area contributed by atoms with E-state index in [-0.39, 0.29) is 17.9 Å². The molecule has 1 aliphatic heterocycles. The van der Waals surface area contributed by atoms with Gasteiger partial charge in [-0.1, -0.05) is 15.9 Å². The van der Waals surface area contributed by atoms with Crippen molar-refractivity contribution in [1.82, 2.24) is 4.90 Å². The van der Waals surface area contributed by atoms with Crippen LogP contribution in [0.15, 0.2) is 0 Å². The van der Waals surface area contributed by atoms with Crippen molar-refractivity contribution in [1.29, 1.82) is 0 Å². The van der Waals surface area contributed by atoms with Gasteiger partial charge in [-0.3, -0.25) is 0 Å². The van der Waals surface area contributed by atoms with Gasteiger partial charge in [-0.05, 0) is 12.8 Å². The summed E-state index contributed by atoms with van der Waals surface area (Å²) in [5.41, 5.74) is 0. The third-order valence-electron chi connectivity index (χ3n) is 1.78. The summed E-state index contributed by atoms with van der Waals surface area (Å²) in [6.45, 7) is 0.249. The number of rotatable bonds is 0. The topological polar surface area (TPSA) is 3.24 Å². The van der Waals surface area contributed by atoms with Gasteiger partial charge in [-0.2, -0.15) is 13.2 Å². The van der Waals surface area contributed by atoms with E-state index < -0.39 is 6.30 Å². The molecule has 11 heavy (non-hydrogen) atoms. The van der Waals surface area contributed by atoms with Crippen LogP contribution in [0.1, 0.15) is 12.8 Å². The SMILES string of the molecule is FC(F)(F)N1CCC(Br)CC1. The highest BCUT2D eigenvalue weighted by molar-refractivity contribution is 9.09. The third kappa shape index (κ3) is 2.63. The predicted molar refractivity (Wildman–Crippen MR) is 39.6 cm³/mol. The molecule has 0 radical (unpaired) electrons. The standard InChI is InChI=1S/C6H9BrF3N/c7-5-1-3-11(4-2-5)6(8,9)10/h5H,1-4H2. The fourth-order valence-electron chi connectivity index (χ4n) is 1.10. The predicted octanol–water partition coefficient (Wildman–Crippen LogP) is 2.37. The first-order chi connectivity index (χ1) is 5.00. The summed E-state index contributed by atoms with van der Waals surface area (Å²) in [7, 11) is 0. The lowest BCUT2D eigenvalue weighted by Gasteiger charge is -2.30. The Morgan fingerprint density at radius 1 is 1.18 bits per heavy atom. The van der Waals surface area contributed by atoms with Gasteiger partial charge in [-0.25, -0.2) is 4.90 Å². The van der Waals surface area contributed by atoms with E-state index in [1.54, 1.807) is 0 Å². The lowest BCUT2D eigenvalue weighted by molar-refractivity contribution is -0.248. The second kappa shape index (κ2) is 3.31. The number of likely N-dealkylation sites (tertiary alicyclic amines) is 1. The van der Waals surface area contributed by atoms with Crippen molar-refractivity contribution in [3.8, 4) is 0 Å². The van der Waals surface area contributed by atoms with Crippen LogP contribution in [0.4, 0.5) is 13.2 Å². The Hall–Kier alpha value is 0.230. The number of halogens is 4. The molecule has 0 aromatic carbocycles. The van der Waals surface area contributed by atoms with E-state index in [0.29, 0.717) is 17.7 Å². The molecule has 0 amide bonds. The van der Waals surface area contributed by atoms with Gasteiger partial charge >= 0.3 is 6.30 Å². The molecule has 1 rings (SSSR count). The van der Waals surface area contributed by atoms with Crippen LogP contribution in [-0.2, 0) is 0 Å². The number of nitrogens with zero attached hydrogens (tertiary/aromatic N) is 1. The molecule has 1 saturated heterocycles. The van der Waals surface area contributed by atoms with Crippen molar-refractivity contribution in [2.75, 3.05) is 13.1 Å². The minimum atomic E-state index is -4.13. The summed E-state index contributed by atoms with van der Waals surface area (Å²) < 4.78 is 35.9. The molecule has 0 spiro atoms. The third-order valence-corrected chi connectivity index (χ3v) is 2.70. The molecular formula is C6H9BrF3N. The van der Waals surface area contributed by atoms with Crippen molar-refractivity contribution < 1.29 is 13.2 Å². The van der Waals surface area contributed by atoms with E-state index in [4.69, 9.17) is 0 Å². The van der Waals surface area contributed by atoms with Gasteiger partial charge in [0.05, 0.1) is 0 Å². The minimum Gasteiger partial charge on any atom is -0.214 e. The lowest BCUT2D eigenvalue weighted by Crippen LogP contribution is -2.43. The van der Waals surface area contributed by atoms with Gasteiger partial charge < -0.3 is 0 Å². The molecule has 0 N–H and O–H groups in total. The monoisotopic (exact) mass is 231 g/mol. The average molecular weight is 232 g/mol. The Bertz CT molecular complexity index is 128. The molecule has 0 bridgehead atoms. The Labute approximate surface area is 71.7 Å². The van der Waals surface area contributed by atoms with Crippen LogP contribution in [0.2, 0.25) is 0 Å². The van der Waals surface area contributed by atoms with Gasteiger partial charge in [-0.15, -0.1) is 0 Å². The molecule has 1 aliphatic rings. The number of hydrogen-bond acceptors (Lipinski definition) is 1. The zero-order chi connectivity index (χ0) is 8.48. The van der Waals surface area contributed by atoms with E-state index in [0.717, 1.165) is 0 Å². The van der Waals surface area contributed by atoms with Crippen molar-refractivity contribution in [3.05, 3.63) is 0 Å². The summed E-state index contributed by atoms with van der Waals surface area (Å²) in [4.78, 5) is 0.825. The van der Waals surface area contributed by atoms with Gasteiger partial charge in [0, 0.05) is 17.9 Å². The van der Waals surface area contributed by atoms with E-state index >= 15 is 0 Å². The van der Waals surface area contributed by atoms with E-state index in [1.807, 2.05) is 0 Å². The molecular weight excluding hydrogens is 223 g/mol. The van der Waals surface area contributed by atoms with Crippen LogP contribution in [0.3, 0.4) is 0 Å². The molecule has 0 aromatic rings. The summed E-state index contributed by atoms with van der Waals surface area (Å²) in [6.07, 6.45) is -2.97. The van der Waals surface area contributed by atoms with Crippen LogP contribution < -0.4 is 0 Å². The molecule has 1 heterocycles. The van der Waals surface area contributed by atoms with Crippen LogP contribution in [-0.4, -0.2) is 29.1 Å². The highest BCUT2D eigenvalue weighted by atomic mass is 79.9. The zero-order valence-electron chi connectivity index (χ0n) is 5.86. The van der Waals surface area contributed by atoms with Crippen molar-refractivity contribution in [2.45, 2.75) is 24.0 Å². The molecule has 1 fully saturated rings. The second-order valence-electron chi connectivity index (χ2n) is 2.63. The van der Waals surface area contributed by atoms with Crippen LogP contribution in [0.25, 0.3) is 0 Å². The largest absolute Gasteiger partial charge is 0.459 e. The van der Waals surface area contributed by atoms with Gasteiger partial charge in [0.2, 0.25) is 0 Å². The highest BCUT2D eigenvalue weighted by Crippen LogP contribution is 2.27. The molecule has 0 aromatic heterocycles. The number of alkyl halides is 4. The van der Waals surface area contributed by atoms with Crippen molar-refractivity contribution in [2.24, 2.45) is 0 Å². The number of hydrogen-bond donors (Lipinski definition) is 0. The lowest BCUT2D eigenvalue weighted by atomic mass is 10.1. The molecule has 0 aliphatic carbocycles. The highest BCUT2D eigenvalue weighted by Gasteiger charge is 2.38. The molecule has 5 heteroatoms. The normalized spacial score (nSPS) is 24.0. The minimum absolute atomic E-state index is 0.124. The zero-order valence-corrected chi connectivity index (χ0v) is 7.45. The van der Waals surface area contributed by atoms with Crippen LogP contribution >= 0.6 is 15.9 Å². The maximum absolute atomic E-state index is 12.0. The molecule has 0 atom stereocenters. The summed E-state index contributed by atoms with van der Waals surface area (Å²) >= 11 is 3.29. The van der Waals surface area contributed by atoms with Crippen molar-refractivity contribution in [3.63, 3.8) is 0 Å². The van der Waals surface area contributed by atoms with Crippen LogP contribution in [0.5, 0.6) is 0 Å². The Morgan fingerprint density at radius 3 is 2.00 bits per heavy atom. The van der Waals surface area contributed by atoms with Gasteiger partial charge in [0.1, 0.15) is 0 Å². The van der Waals surface area contributed by atoms with Crippen LogP contribution in [0, 0.1) is 0 Å². The maximum Gasteiger partial charge on any atom is 0.459 e. The fourth-order valence-corrected chi connectivity index (χ4v) is 1.51. The van der Waals surface area contributed by atoms with E-state index in [9.17, 15) is 13.2 Å². The number of piperidine rings is 1. The first-order valence-corrected chi connectivity index (χ1v) is 4.37. The van der Waals surface area contributed by atoms with E-state index in [1.165, 1.54) is 0 Å². The Morgan fingerprint density at radius 2 is 1.64 bits per heavy atom. The summed E-state index contributed by atoms with van der Waals surface area (Å²) in [5.74, 6) is 0. The summed E-state index contributed by atoms with van der Waals surface area (Å²) in [5, 5.41) is 0.